The lowest BCUT2D eigenvalue weighted by molar-refractivity contribution is 0.601. The molecule has 0 radical (unpaired) electrons. The van der Waals surface area contributed by atoms with E-state index in [1.807, 2.05) is 60.7 Å². The minimum Gasteiger partial charge on any atom is -0.401 e. The molecule has 0 aliphatic rings. The lowest BCUT2D eigenvalue weighted by Gasteiger charge is -2.13. The number of rotatable bonds is 5. The number of allylic oxidation sites excluding steroid dienone is 1. The number of hydrogen-bond donors (Lipinski definition) is 1. The fourth-order valence-electron chi connectivity index (χ4n) is 2.17. The Balaban J connectivity index is 2.46. The van der Waals surface area contributed by atoms with Gasteiger partial charge in [0, 0.05) is 23.9 Å². The van der Waals surface area contributed by atoms with Gasteiger partial charge >= 0.3 is 0 Å². The number of hydrogen-bond acceptors (Lipinski definition) is 3. The first-order valence-electron chi connectivity index (χ1n) is 6.74. The van der Waals surface area contributed by atoms with Crippen molar-refractivity contribution in [3.63, 3.8) is 0 Å². The Labute approximate surface area is 126 Å². The van der Waals surface area contributed by atoms with E-state index in [2.05, 4.69) is 0 Å². The predicted octanol–water partition coefficient (Wildman–Crippen LogP) is 2.84. The molecule has 110 valence electrons. The molecule has 2 N–H and O–H groups in total. The van der Waals surface area contributed by atoms with Gasteiger partial charge < -0.3 is 5.73 Å². The smallest absolute Gasteiger partial charge is 0.147 e. The molecule has 0 aromatic heterocycles. The zero-order valence-electron chi connectivity index (χ0n) is 12.0. The second-order valence-corrected chi connectivity index (χ2v) is 7.27. The van der Waals surface area contributed by atoms with E-state index < -0.39 is 9.84 Å². The van der Waals surface area contributed by atoms with Gasteiger partial charge in [-0.3, -0.25) is 0 Å². The monoisotopic (exact) mass is 301 g/mol. The molecule has 0 spiro atoms. The van der Waals surface area contributed by atoms with Crippen molar-refractivity contribution in [3.8, 4) is 0 Å². The van der Waals surface area contributed by atoms with Gasteiger partial charge in [-0.1, -0.05) is 60.7 Å². The molecule has 21 heavy (non-hydrogen) atoms. The zero-order chi connectivity index (χ0) is 15.3. The number of nitrogens with two attached hydrogens (primary N) is 1. The SMILES string of the molecule is CS(=O)(=O)CCC(N)=C(c1ccccc1)c1ccccc1. The van der Waals surface area contributed by atoms with Crippen molar-refractivity contribution >= 4 is 15.4 Å². The van der Waals surface area contributed by atoms with Gasteiger partial charge in [0.1, 0.15) is 9.84 Å². The van der Waals surface area contributed by atoms with Gasteiger partial charge in [-0.05, 0) is 11.1 Å². The highest BCUT2D eigenvalue weighted by Crippen LogP contribution is 2.26. The summed E-state index contributed by atoms with van der Waals surface area (Å²) in [7, 11) is -3.03. The van der Waals surface area contributed by atoms with Gasteiger partial charge in [0.2, 0.25) is 0 Å². The van der Waals surface area contributed by atoms with Gasteiger partial charge in [0.15, 0.2) is 0 Å². The van der Waals surface area contributed by atoms with Gasteiger partial charge in [0.05, 0.1) is 5.75 Å². The summed E-state index contributed by atoms with van der Waals surface area (Å²) < 4.78 is 22.7. The van der Waals surface area contributed by atoms with Crippen LogP contribution < -0.4 is 5.73 Å². The van der Waals surface area contributed by atoms with Crippen LogP contribution in [0.5, 0.6) is 0 Å². The average Bonchev–Trinajstić information content (AvgIpc) is 2.47. The Morgan fingerprint density at radius 1 is 0.905 bits per heavy atom. The Morgan fingerprint density at radius 2 is 1.33 bits per heavy atom. The normalized spacial score (nSPS) is 11.1. The van der Waals surface area contributed by atoms with Crippen molar-refractivity contribution in [2.45, 2.75) is 6.42 Å². The van der Waals surface area contributed by atoms with Crippen molar-refractivity contribution in [1.29, 1.82) is 0 Å². The van der Waals surface area contributed by atoms with Crippen LogP contribution in [0.2, 0.25) is 0 Å². The molecule has 0 saturated heterocycles. The first kappa shape index (κ1) is 15.3. The van der Waals surface area contributed by atoms with Crippen LogP contribution in [0.15, 0.2) is 66.4 Å². The van der Waals surface area contributed by atoms with Crippen LogP contribution in [0, 0.1) is 0 Å². The third kappa shape index (κ3) is 4.46. The van der Waals surface area contributed by atoms with E-state index >= 15 is 0 Å². The molecule has 2 aromatic rings. The molecule has 0 unspecified atom stereocenters. The fraction of sp³-hybridized carbons (Fsp3) is 0.176. The van der Waals surface area contributed by atoms with Crippen molar-refractivity contribution in [2.24, 2.45) is 5.73 Å². The molecule has 0 bridgehead atoms. The van der Waals surface area contributed by atoms with Gasteiger partial charge in [-0.15, -0.1) is 0 Å². The largest absolute Gasteiger partial charge is 0.401 e. The molecule has 0 saturated carbocycles. The van der Waals surface area contributed by atoms with Crippen molar-refractivity contribution in [2.75, 3.05) is 12.0 Å². The Morgan fingerprint density at radius 3 is 1.71 bits per heavy atom. The highest BCUT2D eigenvalue weighted by Gasteiger charge is 2.11. The van der Waals surface area contributed by atoms with Crippen molar-refractivity contribution in [1.82, 2.24) is 0 Å². The van der Waals surface area contributed by atoms with E-state index in [9.17, 15) is 8.42 Å². The lowest BCUT2D eigenvalue weighted by Crippen LogP contribution is -2.10. The summed E-state index contributed by atoms with van der Waals surface area (Å²) >= 11 is 0. The first-order valence-corrected chi connectivity index (χ1v) is 8.80. The predicted molar refractivity (Wildman–Crippen MR) is 87.4 cm³/mol. The summed E-state index contributed by atoms with van der Waals surface area (Å²) in [5.41, 5.74) is 9.69. The maximum atomic E-state index is 11.4. The molecule has 4 heteroatoms. The summed E-state index contributed by atoms with van der Waals surface area (Å²) in [4.78, 5) is 0. The molecule has 0 fully saturated rings. The van der Waals surface area contributed by atoms with Crippen molar-refractivity contribution in [3.05, 3.63) is 77.5 Å². The Bertz CT molecular complexity index is 678. The second-order valence-electron chi connectivity index (χ2n) is 5.01. The van der Waals surface area contributed by atoms with Crippen LogP contribution in [0.25, 0.3) is 5.57 Å². The van der Waals surface area contributed by atoms with Gasteiger partial charge in [-0.2, -0.15) is 0 Å². The molecule has 0 amide bonds. The Hall–Kier alpha value is -2.07. The maximum absolute atomic E-state index is 11.4. The molecular formula is C17H19NO2S. The molecule has 2 aromatic carbocycles. The maximum Gasteiger partial charge on any atom is 0.147 e. The van der Waals surface area contributed by atoms with Crippen LogP contribution in [0.4, 0.5) is 0 Å². The number of sulfone groups is 1. The van der Waals surface area contributed by atoms with E-state index in [0.29, 0.717) is 12.1 Å². The summed E-state index contributed by atoms with van der Waals surface area (Å²) in [5, 5.41) is 0. The van der Waals surface area contributed by atoms with E-state index in [1.54, 1.807) is 0 Å². The summed E-state index contributed by atoms with van der Waals surface area (Å²) in [6, 6.07) is 19.6. The summed E-state index contributed by atoms with van der Waals surface area (Å²) in [6.07, 6.45) is 1.56. The van der Waals surface area contributed by atoms with Crippen LogP contribution in [0.3, 0.4) is 0 Å². The van der Waals surface area contributed by atoms with E-state index in [-0.39, 0.29) is 5.75 Å². The minimum absolute atomic E-state index is 0.0575. The second kappa shape index (κ2) is 6.59. The average molecular weight is 301 g/mol. The highest BCUT2D eigenvalue weighted by atomic mass is 32.2. The summed E-state index contributed by atoms with van der Waals surface area (Å²) in [6.45, 7) is 0. The minimum atomic E-state index is -3.03. The van der Waals surface area contributed by atoms with Crippen LogP contribution in [-0.2, 0) is 9.84 Å². The van der Waals surface area contributed by atoms with E-state index in [0.717, 1.165) is 16.7 Å². The molecule has 3 nitrogen and oxygen atoms in total. The molecule has 2 rings (SSSR count). The molecule has 0 atom stereocenters. The number of benzene rings is 2. The molecular weight excluding hydrogens is 282 g/mol. The third-order valence-electron chi connectivity index (χ3n) is 3.19. The third-order valence-corrected chi connectivity index (χ3v) is 4.13. The highest BCUT2D eigenvalue weighted by molar-refractivity contribution is 7.90. The quantitative estimate of drug-likeness (QED) is 0.923. The topological polar surface area (TPSA) is 60.2 Å². The van der Waals surface area contributed by atoms with E-state index in [1.165, 1.54) is 6.26 Å². The fourth-order valence-corrected chi connectivity index (χ4v) is 2.76. The van der Waals surface area contributed by atoms with E-state index in [4.69, 9.17) is 5.73 Å². The molecule has 0 aliphatic carbocycles. The Kier molecular flexibility index (Phi) is 4.81. The van der Waals surface area contributed by atoms with Crippen LogP contribution in [-0.4, -0.2) is 20.4 Å². The molecule has 0 aliphatic heterocycles. The van der Waals surface area contributed by atoms with Crippen LogP contribution >= 0.6 is 0 Å². The lowest BCUT2D eigenvalue weighted by atomic mass is 9.95. The standard InChI is InChI=1S/C17H19NO2S/c1-21(19,20)13-12-16(18)17(14-8-4-2-5-9-14)15-10-6-3-7-11-15/h2-11H,12-13,18H2,1H3. The first-order chi connectivity index (χ1) is 9.97. The zero-order valence-corrected chi connectivity index (χ0v) is 12.8. The van der Waals surface area contributed by atoms with Crippen molar-refractivity contribution < 1.29 is 8.42 Å². The molecule has 0 heterocycles. The summed E-state index contributed by atoms with van der Waals surface area (Å²) in [5.74, 6) is 0.0575. The van der Waals surface area contributed by atoms with Crippen LogP contribution in [0.1, 0.15) is 17.5 Å². The van der Waals surface area contributed by atoms with Gasteiger partial charge in [-0.25, -0.2) is 8.42 Å². The van der Waals surface area contributed by atoms with Gasteiger partial charge in [0.25, 0.3) is 0 Å².